The van der Waals surface area contributed by atoms with Crippen LogP contribution in [0.4, 0.5) is 0 Å². The van der Waals surface area contributed by atoms with Gasteiger partial charge in [0.15, 0.2) is 0 Å². The van der Waals surface area contributed by atoms with E-state index in [4.69, 9.17) is 0 Å². The molecule has 0 radical (unpaired) electrons. The van der Waals surface area contributed by atoms with Crippen molar-refractivity contribution in [2.45, 2.75) is 46.1 Å². The smallest absolute Gasteiger partial charge is 0.0447 e. The van der Waals surface area contributed by atoms with Gasteiger partial charge in [-0.3, -0.25) is 4.98 Å². The highest BCUT2D eigenvalue weighted by molar-refractivity contribution is 5.13. The summed E-state index contributed by atoms with van der Waals surface area (Å²) in [5, 5.41) is 3.50. The zero-order chi connectivity index (χ0) is 11.5. The first-order valence-electron chi connectivity index (χ1n) is 5.57. The molecule has 1 heterocycles. The number of aromatic nitrogens is 1. The van der Waals surface area contributed by atoms with Crippen molar-refractivity contribution >= 4 is 0 Å². The van der Waals surface area contributed by atoms with Crippen LogP contribution in [0.15, 0.2) is 18.2 Å². The molecule has 0 aromatic carbocycles. The monoisotopic (exact) mass is 206 g/mol. The lowest BCUT2D eigenvalue weighted by Crippen LogP contribution is -2.38. The maximum atomic E-state index is 4.53. The quantitative estimate of drug-likeness (QED) is 0.822. The molecule has 1 rings (SSSR count). The summed E-state index contributed by atoms with van der Waals surface area (Å²) in [6, 6.07) is 6.21. The van der Waals surface area contributed by atoms with Crippen LogP contribution in [-0.4, -0.2) is 17.1 Å². The summed E-state index contributed by atoms with van der Waals surface area (Å²) in [5.41, 5.74) is 2.44. The Balaban J connectivity index is 2.58. The van der Waals surface area contributed by atoms with E-state index >= 15 is 0 Å². The van der Waals surface area contributed by atoms with Gasteiger partial charge in [-0.05, 0) is 39.8 Å². The van der Waals surface area contributed by atoms with Crippen molar-refractivity contribution in [3.05, 3.63) is 29.6 Å². The summed E-state index contributed by atoms with van der Waals surface area (Å²) >= 11 is 0. The summed E-state index contributed by atoms with van der Waals surface area (Å²) in [4.78, 5) is 4.53. The van der Waals surface area contributed by atoms with E-state index in [9.17, 15) is 0 Å². The third kappa shape index (κ3) is 4.43. The van der Waals surface area contributed by atoms with Gasteiger partial charge < -0.3 is 5.32 Å². The fourth-order valence-electron chi connectivity index (χ4n) is 1.40. The average molecular weight is 206 g/mol. The molecule has 0 aliphatic heterocycles. The molecular weight excluding hydrogens is 184 g/mol. The molecule has 0 aliphatic carbocycles. The Morgan fingerprint density at radius 3 is 2.53 bits per heavy atom. The van der Waals surface area contributed by atoms with Crippen molar-refractivity contribution in [1.82, 2.24) is 10.3 Å². The minimum absolute atomic E-state index is 0.179. The van der Waals surface area contributed by atoms with E-state index in [-0.39, 0.29) is 5.54 Å². The van der Waals surface area contributed by atoms with Crippen LogP contribution in [0.3, 0.4) is 0 Å². The number of aryl methyl sites for hydroxylation is 1. The van der Waals surface area contributed by atoms with E-state index in [0.717, 1.165) is 12.2 Å². The van der Waals surface area contributed by atoms with E-state index in [1.54, 1.807) is 0 Å². The highest BCUT2D eigenvalue weighted by atomic mass is 14.9. The average Bonchev–Trinajstić information content (AvgIpc) is 2.13. The first kappa shape index (κ1) is 12.2. The van der Waals surface area contributed by atoms with Gasteiger partial charge in [0.05, 0.1) is 0 Å². The molecule has 84 valence electrons. The van der Waals surface area contributed by atoms with Crippen molar-refractivity contribution in [1.29, 1.82) is 0 Å². The Morgan fingerprint density at radius 1 is 1.33 bits per heavy atom. The molecule has 0 saturated carbocycles. The SMILES string of the molecule is Cc1cccc(C(C)CNC(C)(C)C)n1. The predicted molar refractivity (Wildman–Crippen MR) is 65.1 cm³/mol. The third-order valence-electron chi connectivity index (χ3n) is 2.35. The minimum atomic E-state index is 0.179. The van der Waals surface area contributed by atoms with Gasteiger partial charge in [0.25, 0.3) is 0 Å². The highest BCUT2D eigenvalue weighted by Crippen LogP contribution is 2.13. The molecule has 1 unspecified atom stereocenters. The lowest BCUT2D eigenvalue weighted by molar-refractivity contribution is 0.410. The molecule has 2 nitrogen and oxygen atoms in total. The number of hydrogen-bond donors (Lipinski definition) is 1. The summed E-state index contributed by atoms with van der Waals surface area (Å²) in [6.07, 6.45) is 0. The Hall–Kier alpha value is -0.890. The first-order valence-corrected chi connectivity index (χ1v) is 5.57. The van der Waals surface area contributed by atoms with Gasteiger partial charge in [-0.25, -0.2) is 0 Å². The summed E-state index contributed by atoms with van der Waals surface area (Å²) in [7, 11) is 0. The van der Waals surface area contributed by atoms with E-state index in [2.05, 4.69) is 50.1 Å². The minimum Gasteiger partial charge on any atom is -0.311 e. The third-order valence-corrected chi connectivity index (χ3v) is 2.35. The zero-order valence-corrected chi connectivity index (χ0v) is 10.5. The number of nitrogens with zero attached hydrogens (tertiary/aromatic N) is 1. The highest BCUT2D eigenvalue weighted by Gasteiger charge is 2.12. The van der Waals surface area contributed by atoms with E-state index < -0.39 is 0 Å². The van der Waals surface area contributed by atoms with Gasteiger partial charge in [-0.15, -0.1) is 0 Å². The molecule has 0 fully saturated rings. The van der Waals surface area contributed by atoms with Gasteiger partial charge in [-0.1, -0.05) is 13.0 Å². The number of pyridine rings is 1. The molecule has 2 heteroatoms. The molecule has 1 aromatic rings. The van der Waals surface area contributed by atoms with Crippen molar-refractivity contribution in [2.24, 2.45) is 0 Å². The molecule has 1 N–H and O–H groups in total. The van der Waals surface area contributed by atoms with Gasteiger partial charge in [0, 0.05) is 29.4 Å². The van der Waals surface area contributed by atoms with Crippen LogP contribution in [0.25, 0.3) is 0 Å². The molecule has 0 amide bonds. The first-order chi connectivity index (χ1) is 6.88. The molecule has 0 aliphatic rings. The number of nitrogens with one attached hydrogen (secondary N) is 1. The second-order valence-corrected chi connectivity index (χ2v) is 5.24. The summed E-state index contributed by atoms with van der Waals surface area (Å²) in [6.45, 7) is 11.8. The number of hydrogen-bond acceptors (Lipinski definition) is 2. The van der Waals surface area contributed by atoms with Crippen LogP contribution >= 0.6 is 0 Å². The Labute approximate surface area is 93.1 Å². The van der Waals surface area contributed by atoms with E-state index in [1.807, 2.05) is 13.0 Å². The fraction of sp³-hybridized carbons (Fsp3) is 0.615. The second kappa shape index (κ2) is 4.75. The maximum absolute atomic E-state index is 4.53. The van der Waals surface area contributed by atoms with Crippen molar-refractivity contribution < 1.29 is 0 Å². The largest absolute Gasteiger partial charge is 0.311 e. The van der Waals surface area contributed by atoms with Gasteiger partial charge in [0.2, 0.25) is 0 Å². The van der Waals surface area contributed by atoms with Crippen LogP contribution in [0.2, 0.25) is 0 Å². The van der Waals surface area contributed by atoms with Crippen molar-refractivity contribution in [3.8, 4) is 0 Å². The Bertz CT molecular complexity index is 313. The molecule has 1 aromatic heterocycles. The molecule has 1 atom stereocenters. The number of rotatable bonds is 3. The summed E-state index contributed by atoms with van der Waals surface area (Å²) in [5.74, 6) is 0.462. The van der Waals surface area contributed by atoms with Crippen LogP contribution < -0.4 is 5.32 Å². The molecule has 0 bridgehead atoms. The van der Waals surface area contributed by atoms with Crippen LogP contribution in [0, 0.1) is 6.92 Å². The van der Waals surface area contributed by atoms with Gasteiger partial charge >= 0.3 is 0 Å². The van der Waals surface area contributed by atoms with E-state index in [0.29, 0.717) is 5.92 Å². The lowest BCUT2D eigenvalue weighted by atomic mass is 10.0. The molecule has 0 saturated heterocycles. The van der Waals surface area contributed by atoms with Crippen LogP contribution in [0.5, 0.6) is 0 Å². The topological polar surface area (TPSA) is 24.9 Å². The van der Waals surface area contributed by atoms with Crippen molar-refractivity contribution in [3.63, 3.8) is 0 Å². The Morgan fingerprint density at radius 2 is 2.00 bits per heavy atom. The Kier molecular flexibility index (Phi) is 3.86. The normalized spacial score (nSPS) is 13.9. The summed E-state index contributed by atoms with van der Waals surface area (Å²) < 4.78 is 0. The predicted octanol–water partition coefficient (Wildman–Crippen LogP) is 2.88. The van der Waals surface area contributed by atoms with Crippen LogP contribution in [0.1, 0.15) is 45.0 Å². The second-order valence-electron chi connectivity index (χ2n) is 5.24. The van der Waals surface area contributed by atoms with Gasteiger partial charge in [-0.2, -0.15) is 0 Å². The maximum Gasteiger partial charge on any atom is 0.0447 e. The zero-order valence-electron chi connectivity index (χ0n) is 10.5. The molecular formula is C13H22N2. The van der Waals surface area contributed by atoms with Crippen molar-refractivity contribution in [2.75, 3.05) is 6.54 Å². The van der Waals surface area contributed by atoms with Crippen LogP contribution in [-0.2, 0) is 0 Å². The standard InChI is InChI=1S/C13H22N2/c1-10(9-14-13(3,4)5)12-8-6-7-11(2)15-12/h6-8,10,14H,9H2,1-5H3. The fourth-order valence-corrected chi connectivity index (χ4v) is 1.40. The molecule has 0 spiro atoms. The molecule has 15 heavy (non-hydrogen) atoms. The lowest BCUT2D eigenvalue weighted by Gasteiger charge is -2.23. The van der Waals surface area contributed by atoms with E-state index in [1.165, 1.54) is 5.69 Å². The van der Waals surface area contributed by atoms with Gasteiger partial charge in [0.1, 0.15) is 0 Å².